The number of unbranched alkanes of at least 4 members (excludes halogenated alkanes) is 5. The van der Waals surface area contributed by atoms with Crippen molar-refractivity contribution in [3.8, 4) is 0 Å². The van der Waals surface area contributed by atoms with Crippen LogP contribution in [0.4, 0.5) is 0 Å². The van der Waals surface area contributed by atoms with Crippen molar-refractivity contribution in [2.75, 3.05) is 6.61 Å². The molecule has 0 bridgehead atoms. The van der Waals surface area contributed by atoms with E-state index < -0.39 is 0 Å². The van der Waals surface area contributed by atoms with E-state index in [0.29, 0.717) is 19.4 Å². The second-order valence-electron chi connectivity index (χ2n) is 5.38. The average Bonchev–Trinajstić information content (AvgIpc) is 2.37. The molecular formula is C16H30O4. The van der Waals surface area contributed by atoms with Crippen LogP contribution < -0.4 is 0 Å². The second-order valence-corrected chi connectivity index (χ2v) is 5.38. The lowest BCUT2D eigenvalue weighted by atomic mass is 10.1. The zero-order valence-corrected chi connectivity index (χ0v) is 13.3. The van der Waals surface area contributed by atoms with Gasteiger partial charge in [-0.1, -0.05) is 32.6 Å². The number of rotatable bonds is 12. The molecule has 0 aromatic rings. The molecule has 0 aliphatic rings. The molecule has 0 aliphatic carbocycles. The van der Waals surface area contributed by atoms with Gasteiger partial charge in [-0.3, -0.25) is 9.59 Å². The molecule has 0 aliphatic heterocycles. The van der Waals surface area contributed by atoms with Gasteiger partial charge in [0.05, 0.1) is 12.7 Å². The maximum absolute atomic E-state index is 11.4. The van der Waals surface area contributed by atoms with Crippen molar-refractivity contribution in [1.29, 1.82) is 0 Å². The molecule has 20 heavy (non-hydrogen) atoms. The highest BCUT2D eigenvalue weighted by molar-refractivity contribution is 5.70. The van der Waals surface area contributed by atoms with Crippen LogP contribution in [0.15, 0.2) is 0 Å². The number of ether oxygens (including phenoxy) is 2. The fourth-order valence-corrected chi connectivity index (χ4v) is 1.82. The van der Waals surface area contributed by atoms with E-state index in [1.165, 1.54) is 12.8 Å². The third-order valence-electron chi connectivity index (χ3n) is 2.89. The maximum Gasteiger partial charge on any atom is 0.306 e. The van der Waals surface area contributed by atoms with E-state index in [1.807, 2.05) is 13.8 Å². The van der Waals surface area contributed by atoms with Gasteiger partial charge >= 0.3 is 11.9 Å². The SMILES string of the molecule is CCCCCCOC(=O)CCCCCC(=O)OC(C)C. The quantitative estimate of drug-likeness (QED) is 0.402. The van der Waals surface area contributed by atoms with E-state index in [2.05, 4.69) is 6.92 Å². The van der Waals surface area contributed by atoms with Gasteiger partial charge in [-0.15, -0.1) is 0 Å². The molecule has 0 atom stereocenters. The summed E-state index contributed by atoms with van der Waals surface area (Å²) in [5, 5.41) is 0. The molecule has 0 aromatic carbocycles. The van der Waals surface area contributed by atoms with E-state index in [-0.39, 0.29) is 18.0 Å². The minimum absolute atomic E-state index is 0.0508. The summed E-state index contributed by atoms with van der Waals surface area (Å²) in [5.74, 6) is -0.273. The van der Waals surface area contributed by atoms with Crippen molar-refractivity contribution in [3.05, 3.63) is 0 Å². The fourth-order valence-electron chi connectivity index (χ4n) is 1.82. The predicted octanol–water partition coefficient (Wildman–Crippen LogP) is 4.01. The molecule has 0 heterocycles. The number of esters is 2. The zero-order valence-electron chi connectivity index (χ0n) is 13.3. The molecule has 0 saturated heterocycles. The van der Waals surface area contributed by atoms with Crippen molar-refractivity contribution >= 4 is 11.9 Å². The molecule has 0 rings (SSSR count). The van der Waals surface area contributed by atoms with Crippen molar-refractivity contribution in [2.24, 2.45) is 0 Å². The first-order valence-electron chi connectivity index (χ1n) is 7.91. The minimum Gasteiger partial charge on any atom is -0.466 e. The summed E-state index contributed by atoms with van der Waals surface area (Å²) in [5.41, 5.74) is 0. The minimum atomic E-state index is -0.154. The molecule has 0 saturated carbocycles. The van der Waals surface area contributed by atoms with Crippen molar-refractivity contribution < 1.29 is 19.1 Å². The summed E-state index contributed by atoms with van der Waals surface area (Å²) in [7, 11) is 0. The van der Waals surface area contributed by atoms with Crippen LogP contribution in [0.25, 0.3) is 0 Å². The monoisotopic (exact) mass is 286 g/mol. The average molecular weight is 286 g/mol. The Balaban J connectivity index is 3.33. The molecule has 0 spiro atoms. The lowest BCUT2D eigenvalue weighted by Gasteiger charge is -2.07. The molecule has 0 radical (unpaired) electrons. The summed E-state index contributed by atoms with van der Waals surface area (Å²) in [4.78, 5) is 22.7. The van der Waals surface area contributed by atoms with Crippen molar-refractivity contribution in [3.63, 3.8) is 0 Å². The number of hydrogen-bond donors (Lipinski definition) is 0. The molecule has 0 amide bonds. The van der Waals surface area contributed by atoms with E-state index >= 15 is 0 Å². The van der Waals surface area contributed by atoms with Gasteiger partial charge in [0.2, 0.25) is 0 Å². The lowest BCUT2D eigenvalue weighted by Crippen LogP contribution is -2.11. The van der Waals surface area contributed by atoms with E-state index in [1.54, 1.807) is 0 Å². The van der Waals surface area contributed by atoms with Crippen LogP contribution >= 0.6 is 0 Å². The molecule has 0 fully saturated rings. The van der Waals surface area contributed by atoms with Crippen molar-refractivity contribution in [1.82, 2.24) is 0 Å². The molecular weight excluding hydrogens is 256 g/mol. The van der Waals surface area contributed by atoms with Gasteiger partial charge in [0.15, 0.2) is 0 Å². The van der Waals surface area contributed by atoms with Gasteiger partial charge in [0.25, 0.3) is 0 Å². The van der Waals surface area contributed by atoms with Crippen LogP contribution in [0.3, 0.4) is 0 Å². The Kier molecular flexibility index (Phi) is 12.3. The van der Waals surface area contributed by atoms with E-state index in [4.69, 9.17) is 9.47 Å². The van der Waals surface area contributed by atoms with Gasteiger partial charge in [-0.05, 0) is 33.1 Å². The molecule has 4 heteroatoms. The highest BCUT2D eigenvalue weighted by atomic mass is 16.5. The van der Waals surface area contributed by atoms with Crippen LogP contribution in [0, 0.1) is 0 Å². The third kappa shape index (κ3) is 13.4. The van der Waals surface area contributed by atoms with Crippen LogP contribution in [0.2, 0.25) is 0 Å². The van der Waals surface area contributed by atoms with Gasteiger partial charge in [-0.25, -0.2) is 0 Å². The first-order chi connectivity index (χ1) is 9.56. The molecule has 0 unspecified atom stereocenters. The van der Waals surface area contributed by atoms with Gasteiger partial charge in [0.1, 0.15) is 0 Å². The molecule has 0 N–H and O–H groups in total. The smallest absolute Gasteiger partial charge is 0.306 e. The van der Waals surface area contributed by atoms with Crippen LogP contribution in [0.5, 0.6) is 0 Å². The first kappa shape index (κ1) is 18.9. The topological polar surface area (TPSA) is 52.6 Å². The lowest BCUT2D eigenvalue weighted by molar-refractivity contribution is -0.147. The van der Waals surface area contributed by atoms with Crippen LogP contribution in [-0.2, 0) is 19.1 Å². The maximum atomic E-state index is 11.4. The highest BCUT2D eigenvalue weighted by Crippen LogP contribution is 2.07. The summed E-state index contributed by atoms with van der Waals surface area (Å²) < 4.78 is 10.2. The summed E-state index contributed by atoms with van der Waals surface area (Å²) in [6, 6.07) is 0. The third-order valence-corrected chi connectivity index (χ3v) is 2.89. The number of carbonyl (C=O) groups excluding carboxylic acids is 2. The van der Waals surface area contributed by atoms with Crippen molar-refractivity contribution in [2.45, 2.75) is 84.7 Å². The largest absolute Gasteiger partial charge is 0.466 e. The summed E-state index contributed by atoms with van der Waals surface area (Å²) >= 11 is 0. The van der Waals surface area contributed by atoms with Crippen LogP contribution in [-0.4, -0.2) is 24.6 Å². The summed E-state index contributed by atoms with van der Waals surface area (Å²) in [6.07, 6.45) is 7.72. The molecule has 4 nitrogen and oxygen atoms in total. The van der Waals surface area contributed by atoms with E-state index in [9.17, 15) is 9.59 Å². The summed E-state index contributed by atoms with van der Waals surface area (Å²) in [6.45, 7) is 6.38. The second kappa shape index (κ2) is 12.9. The molecule has 118 valence electrons. The normalized spacial score (nSPS) is 10.6. The van der Waals surface area contributed by atoms with Crippen LogP contribution in [0.1, 0.15) is 78.6 Å². The Morgan fingerprint density at radius 2 is 1.45 bits per heavy atom. The Labute approximate surface area is 123 Å². The first-order valence-corrected chi connectivity index (χ1v) is 7.91. The predicted molar refractivity (Wildman–Crippen MR) is 79.4 cm³/mol. The Morgan fingerprint density at radius 3 is 2.05 bits per heavy atom. The Hall–Kier alpha value is -1.06. The van der Waals surface area contributed by atoms with Gasteiger partial charge in [-0.2, -0.15) is 0 Å². The Morgan fingerprint density at radius 1 is 0.850 bits per heavy atom. The number of hydrogen-bond acceptors (Lipinski definition) is 4. The molecule has 0 aromatic heterocycles. The Bertz CT molecular complexity index is 261. The van der Waals surface area contributed by atoms with Gasteiger partial charge in [0, 0.05) is 12.8 Å². The zero-order chi connectivity index (χ0) is 15.2. The number of carbonyl (C=O) groups is 2. The van der Waals surface area contributed by atoms with E-state index in [0.717, 1.165) is 32.1 Å². The standard InChI is InChI=1S/C16H30O4/c1-4-5-6-10-13-19-15(17)11-8-7-9-12-16(18)20-14(2)3/h14H,4-13H2,1-3H3. The van der Waals surface area contributed by atoms with Gasteiger partial charge < -0.3 is 9.47 Å². The highest BCUT2D eigenvalue weighted by Gasteiger charge is 2.06. The fraction of sp³-hybridized carbons (Fsp3) is 0.875.